The van der Waals surface area contributed by atoms with Crippen LogP contribution in [0.1, 0.15) is 12.5 Å². The van der Waals surface area contributed by atoms with E-state index in [9.17, 15) is 18.0 Å². The van der Waals surface area contributed by atoms with Gasteiger partial charge in [0, 0.05) is 38.8 Å². The van der Waals surface area contributed by atoms with Crippen molar-refractivity contribution >= 4 is 38.6 Å². The van der Waals surface area contributed by atoms with Crippen LogP contribution < -0.4 is 10.5 Å². The number of amides is 1. The SMILES string of the molecule is CCn1c(=O)oc2cc(S(=O)(=O)N3CCN(C(=O)Cc4ccc(OC)c(Cl)c4)CC3)ccc21. The van der Waals surface area contributed by atoms with E-state index in [2.05, 4.69) is 0 Å². The van der Waals surface area contributed by atoms with Gasteiger partial charge in [-0.05, 0) is 36.8 Å². The van der Waals surface area contributed by atoms with Gasteiger partial charge >= 0.3 is 5.76 Å². The fourth-order valence-electron chi connectivity index (χ4n) is 3.94. The molecular formula is C22H24ClN3O6S. The minimum atomic E-state index is -3.79. The van der Waals surface area contributed by atoms with Gasteiger partial charge in [0.05, 0.1) is 29.0 Å². The molecule has 1 fully saturated rings. The second-order valence-corrected chi connectivity index (χ2v) is 10.0. The van der Waals surface area contributed by atoms with Gasteiger partial charge in [0.15, 0.2) is 5.58 Å². The topological polar surface area (TPSA) is 102 Å². The summed E-state index contributed by atoms with van der Waals surface area (Å²) in [6, 6.07) is 9.62. The number of sulfonamides is 1. The molecule has 0 saturated carbocycles. The summed E-state index contributed by atoms with van der Waals surface area (Å²) in [4.78, 5) is 26.3. The molecule has 0 radical (unpaired) electrons. The summed E-state index contributed by atoms with van der Waals surface area (Å²) in [5.74, 6) is -0.0832. The number of ether oxygens (including phenoxy) is 1. The van der Waals surface area contributed by atoms with E-state index < -0.39 is 15.8 Å². The third-order valence-electron chi connectivity index (χ3n) is 5.76. The molecule has 1 aliphatic rings. The van der Waals surface area contributed by atoms with Gasteiger partial charge in [0.1, 0.15) is 5.75 Å². The van der Waals surface area contributed by atoms with Crippen LogP contribution in [0.3, 0.4) is 0 Å². The molecule has 0 unspecified atom stereocenters. The van der Waals surface area contributed by atoms with Crippen LogP contribution in [0.2, 0.25) is 5.02 Å². The summed E-state index contributed by atoms with van der Waals surface area (Å²) in [6.07, 6.45) is 0.167. The van der Waals surface area contributed by atoms with Gasteiger partial charge < -0.3 is 14.1 Å². The molecule has 0 atom stereocenters. The summed E-state index contributed by atoms with van der Waals surface area (Å²) in [6.45, 7) is 3.16. The molecule has 1 amide bonds. The lowest BCUT2D eigenvalue weighted by molar-refractivity contribution is -0.131. The molecule has 0 aliphatic carbocycles. The van der Waals surface area contributed by atoms with Gasteiger partial charge in [0.25, 0.3) is 0 Å². The number of carbonyl (C=O) groups is 1. The molecule has 2 heterocycles. The minimum Gasteiger partial charge on any atom is -0.495 e. The first-order valence-electron chi connectivity index (χ1n) is 10.5. The summed E-state index contributed by atoms with van der Waals surface area (Å²) in [5, 5.41) is 0.431. The lowest BCUT2D eigenvalue weighted by atomic mass is 10.1. The van der Waals surface area contributed by atoms with Crippen LogP contribution in [0.25, 0.3) is 11.1 Å². The van der Waals surface area contributed by atoms with Crippen molar-refractivity contribution in [3.05, 3.63) is 57.5 Å². The van der Waals surface area contributed by atoms with E-state index in [0.29, 0.717) is 22.8 Å². The number of nitrogens with zero attached hydrogens (tertiary/aromatic N) is 3. The Kier molecular flexibility index (Phi) is 6.51. The van der Waals surface area contributed by atoms with Crippen LogP contribution in [-0.2, 0) is 27.8 Å². The molecule has 1 aromatic heterocycles. The van der Waals surface area contributed by atoms with E-state index in [4.69, 9.17) is 20.8 Å². The van der Waals surface area contributed by atoms with E-state index in [1.54, 1.807) is 29.2 Å². The van der Waals surface area contributed by atoms with Crippen LogP contribution in [0.5, 0.6) is 5.75 Å². The molecular weight excluding hydrogens is 470 g/mol. The molecule has 9 nitrogen and oxygen atoms in total. The maximum Gasteiger partial charge on any atom is 0.419 e. The highest BCUT2D eigenvalue weighted by atomic mass is 35.5. The van der Waals surface area contributed by atoms with Crippen LogP contribution in [-0.4, -0.2) is 61.4 Å². The molecule has 0 spiro atoms. The van der Waals surface area contributed by atoms with Gasteiger partial charge in [-0.25, -0.2) is 13.2 Å². The third-order valence-corrected chi connectivity index (χ3v) is 7.95. The van der Waals surface area contributed by atoms with E-state index in [1.165, 1.54) is 28.1 Å². The Hall–Kier alpha value is -2.82. The quantitative estimate of drug-likeness (QED) is 0.522. The number of halogens is 1. The number of hydrogen-bond donors (Lipinski definition) is 0. The number of carbonyl (C=O) groups excluding carboxylic acids is 1. The van der Waals surface area contributed by atoms with Gasteiger partial charge in [-0.1, -0.05) is 17.7 Å². The van der Waals surface area contributed by atoms with Crippen molar-refractivity contribution in [2.45, 2.75) is 24.8 Å². The Morgan fingerprint density at radius 2 is 1.85 bits per heavy atom. The zero-order valence-electron chi connectivity index (χ0n) is 18.3. The Morgan fingerprint density at radius 3 is 2.48 bits per heavy atom. The van der Waals surface area contributed by atoms with E-state index in [1.807, 2.05) is 6.92 Å². The molecule has 2 aromatic carbocycles. The maximum absolute atomic E-state index is 13.1. The van der Waals surface area contributed by atoms with E-state index >= 15 is 0 Å². The Bertz CT molecular complexity index is 1360. The number of oxazole rings is 1. The molecule has 11 heteroatoms. The van der Waals surface area contributed by atoms with E-state index in [0.717, 1.165) is 5.56 Å². The smallest absolute Gasteiger partial charge is 0.419 e. The number of methoxy groups -OCH3 is 1. The largest absolute Gasteiger partial charge is 0.495 e. The zero-order valence-corrected chi connectivity index (χ0v) is 19.9. The number of piperazine rings is 1. The van der Waals surface area contributed by atoms with Crippen LogP contribution in [0, 0.1) is 0 Å². The van der Waals surface area contributed by atoms with Crippen LogP contribution in [0.15, 0.2) is 50.5 Å². The Morgan fingerprint density at radius 1 is 1.12 bits per heavy atom. The fraction of sp³-hybridized carbons (Fsp3) is 0.364. The van der Waals surface area contributed by atoms with Crippen molar-refractivity contribution in [2.75, 3.05) is 33.3 Å². The first-order chi connectivity index (χ1) is 15.7. The van der Waals surface area contributed by atoms with Gasteiger partial charge in [-0.15, -0.1) is 0 Å². The average Bonchev–Trinajstić information content (AvgIpc) is 3.13. The number of fused-ring (bicyclic) bond motifs is 1. The van der Waals surface area contributed by atoms with Crippen molar-refractivity contribution in [3.63, 3.8) is 0 Å². The van der Waals surface area contributed by atoms with Crippen molar-refractivity contribution in [2.24, 2.45) is 0 Å². The number of benzene rings is 2. The molecule has 0 bridgehead atoms. The normalized spacial score (nSPS) is 15.2. The van der Waals surface area contributed by atoms with Gasteiger partial charge in [0.2, 0.25) is 15.9 Å². The minimum absolute atomic E-state index is 0.0552. The summed E-state index contributed by atoms with van der Waals surface area (Å²) in [5.41, 5.74) is 1.54. The fourth-order valence-corrected chi connectivity index (χ4v) is 5.66. The monoisotopic (exact) mass is 493 g/mol. The summed E-state index contributed by atoms with van der Waals surface area (Å²) in [7, 11) is -2.27. The lowest BCUT2D eigenvalue weighted by Crippen LogP contribution is -2.50. The maximum atomic E-state index is 13.1. The second-order valence-electron chi connectivity index (χ2n) is 7.67. The van der Waals surface area contributed by atoms with Crippen molar-refractivity contribution in [1.29, 1.82) is 0 Å². The molecule has 1 saturated heterocycles. The zero-order chi connectivity index (χ0) is 23.8. The third kappa shape index (κ3) is 4.50. The molecule has 1 aliphatic heterocycles. The number of aryl methyl sites for hydroxylation is 1. The highest BCUT2D eigenvalue weighted by Crippen LogP contribution is 2.26. The molecule has 176 valence electrons. The van der Waals surface area contributed by atoms with Crippen molar-refractivity contribution in [1.82, 2.24) is 13.8 Å². The predicted octanol–water partition coefficient (Wildman–Crippen LogP) is 2.35. The average molecular weight is 494 g/mol. The summed E-state index contributed by atoms with van der Waals surface area (Å²) >= 11 is 6.13. The first kappa shape index (κ1) is 23.3. The highest BCUT2D eigenvalue weighted by molar-refractivity contribution is 7.89. The number of hydrogen-bond acceptors (Lipinski definition) is 6. The van der Waals surface area contributed by atoms with Crippen LogP contribution >= 0.6 is 11.6 Å². The summed E-state index contributed by atoms with van der Waals surface area (Å²) < 4.78 is 39.4. The van der Waals surface area contributed by atoms with Gasteiger partial charge in [-0.3, -0.25) is 9.36 Å². The Labute approximate surface area is 196 Å². The second kappa shape index (κ2) is 9.20. The molecule has 4 rings (SSSR count). The van der Waals surface area contributed by atoms with Gasteiger partial charge in [-0.2, -0.15) is 4.31 Å². The highest BCUT2D eigenvalue weighted by Gasteiger charge is 2.30. The molecule has 0 N–H and O–H groups in total. The standard InChI is InChI=1S/C22H24ClN3O6S/c1-3-26-18-6-5-16(14-20(18)32-22(26)28)33(29,30)25-10-8-24(9-11-25)21(27)13-15-4-7-19(31-2)17(23)12-15/h4-7,12,14H,3,8-11,13H2,1-2H3. The van der Waals surface area contributed by atoms with Crippen molar-refractivity contribution in [3.8, 4) is 5.75 Å². The van der Waals surface area contributed by atoms with Crippen LogP contribution in [0.4, 0.5) is 0 Å². The predicted molar refractivity (Wildman–Crippen MR) is 123 cm³/mol. The number of rotatable bonds is 6. The Balaban J connectivity index is 1.43. The molecule has 33 heavy (non-hydrogen) atoms. The first-order valence-corrected chi connectivity index (χ1v) is 12.3. The van der Waals surface area contributed by atoms with Crippen molar-refractivity contribution < 1.29 is 22.4 Å². The lowest BCUT2D eigenvalue weighted by Gasteiger charge is -2.34. The number of aromatic nitrogens is 1. The van der Waals surface area contributed by atoms with E-state index in [-0.39, 0.29) is 49.0 Å². The molecule has 3 aromatic rings.